The van der Waals surface area contributed by atoms with Crippen molar-refractivity contribution in [2.24, 2.45) is 0 Å². The average molecular weight is 367 g/mol. The quantitative estimate of drug-likeness (QED) is 0.898. The molecule has 8 heteroatoms. The Morgan fingerprint density at radius 3 is 2.60 bits per heavy atom. The van der Waals surface area contributed by atoms with E-state index in [2.05, 4.69) is 21.5 Å². The van der Waals surface area contributed by atoms with E-state index < -0.39 is 21.7 Å². The standard InChI is InChI=1S/C17H19F2N3O2S/c1-12-4-2-3-9-22(12)17-8-6-14(11-20-17)25(23,24)21-13-5-7-15(18)16(19)10-13/h5-8,10-12,21H,2-4,9H2,1H3. The smallest absolute Gasteiger partial charge is 0.263 e. The molecule has 5 nitrogen and oxygen atoms in total. The lowest BCUT2D eigenvalue weighted by Crippen LogP contribution is -2.37. The van der Waals surface area contributed by atoms with Gasteiger partial charge in [0, 0.05) is 24.8 Å². The summed E-state index contributed by atoms with van der Waals surface area (Å²) in [6.45, 7) is 3.02. The number of halogens is 2. The molecule has 0 spiro atoms. The van der Waals surface area contributed by atoms with Crippen LogP contribution < -0.4 is 9.62 Å². The summed E-state index contributed by atoms with van der Waals surface area (Å²) < 4.78 is 53.1. The molecule has 0 saturated carbocycles. The number of pyridine rings is 1. The van der Waals surface area contributed by atoms with Crippen LogP contribution in [-0.4, -0.2) is 26.0 Å². The summed E-state index contributed by atoms with van der Waals surface area (Å²) in [6.07, 6.45) is 4.63. The van der Waals surface area contributed by atoms with E-state index in [1.54, 1.807) is 6.07 Å². The lowest BCUT2D eigenvalue weighted by atomic mass is 10.0. The minimum Gasteiger partial charge on any atom is -0.354 e. The van der Waals surface area contributed by atoms with Crippen LogP contribution >= 0.6 is 0 Å². The van der Waals surface area contributed by atoms with Crippen molar-refractivity contribution in [3.63, 3.8) is 0 Å². The molecular weight excluding hydrogens is 348 g/mol. The highest BCUT2D eigenvalue weighted by Crippen LogP contribution is 2.24. The first-order chi connectivity index (χ1) is 11.9. The molecule has 1 atom stereocenters. The zero-order valence-electron chi connectivity index (χ0n) is 13.7. The molecule has 1 unspecified atom stereocenters. The number of rotatable bonds is 4. The molecular formula is C17H19F2N3O2S. The molecule has 1 aromatic heterocycles. The Balaban J connectivity index is 1.79. The monoisotopic (exact) mass is 367 g/mol. The van der Waals surface area contributed by atoms with Crippen molar-refractivity contribution in [3.05, 3.63) is 48.2 Å². The predicted molar refractivity (Wildman–Crippen MR) is 92.1 cm³/mol. The van der Waals surface area contributed by atoms with E-state index in [9.17, 15) is 17.2 Å². The fourth-order valence-corrected chi connectivity index (χ4v) is 3.91. The van der Waals surface area contributed by atoms with Crippen molar-refractivity contribution in [2.75, 3.05) is 16.2 Å². The fraction of sp³-hybridized carbons (Fsp3) is 0.353. The Morgan fingerprint density at radius 2 is 1.96 bits per heavy atom. The number of hydrogen-bond acceptors (Lipinski definition) is 4. The third-order valence-electron chi connectivity index (χ3n) is 4.30. The first-order valence-electron chi connectivity index (χ1n) is 8.07. The van der Waals surface area contributed by atoms with E-state index in [0.717, 1.165) is 43.4 Å². The second-order valence-electron chi connectivity index (χ2n) is 6.12. The highest BCUT2D eigenvalue weighted by molar-refractivity contribution is 7.92. The minimum atomic E-state index is -3.92. The zero-order valence-corrected chi connectivity index (χ0v) is 14.6. The summed E-state index contributed by atoms with van der Waals surface area (Å²) in [5, 5.41) is 0. The van der Waals surface area contributed by atoms with Crippen molar-refractivity contribution in [2.45, 2.75) is 37.1 Å². The zero-order chi connectivity index (χ0) is 18.0. The number of hydrogen-bond donors (Lipinski definition) is 1. The van der Waals surface area contributed by atoms with E-state index in [-0.39, 0.29) is 10.6 Å². The molecule has 2 heterocycles. The average Bonchev–Trinajstić information content (AvgIpc) is 2.58. The second-order valence-corrected chi connectivity index (χ2v) is 7.81. The van der Waals surface area contributed by atoms with Crippen molar-refractivity contribution < 1.29 is 17.2 Å². The van der Waals surface area contributed by atoms with Crippen molar-refractivity contribution in [1.29, 1.82) is 0 Å². The summed E-state index contributed by atoms with van der Waals surface area (Å²) >= 11 is 0. The van der Waals surface area contributed by atoms with Gasteiger partial charge in [0.25, 0.3) is 10.0 Å². The Bertz CT molecular complexity index is 857. The third-order valence-corrected chi connectivity index (χ3v) is 5.67. The van der Waals surface area contributed by atoms with Gasteiger partial charge in [0.15, 0.2) is 11.6 Å². The third kappa shape index (κ3) is 3.89. The van der Waals surface area contributed by atoms with Gasteiger partial charge in [-0.25, -0.2) is 22.2 Å². The van der Waals surface area contributed by atoms with Crippen molar-refractivity contribution in [3.8, 4) is 0 Å². The number of anilines is 2. The fourth-order valence-electron chi connectivity index (χ4n) is 2.91. The molecule has 1 aromatic carbocycles. The molecule has 0 bridgehead atoms. The van der Waals surface area contributed by atoms with Crippen LogP contribution in [0.2, 0.25) is 0 Å². The largest absolute Gasteiger partial charge is 0.354 e. The summed E-state index contributed by atoms with van der Waals surface area (Å²) in [6, 6.07) is 6.32. The molecule has 0 aliphatic carbocycles. The van der Waals surface area contributed by atoms with Crippen LogP contribution in [0.25, 0.3) is 0 Å². The lowest BCUT2D eigenvalue weighted by Gasteiger charge is -2.34. The summed E-state index contributed by atoms with van der Waals surface area (Å²) in [4.78, 5) is 6.38. The molecule has 2 aromatic rings. The molecule has 0 radical (unpaired) electrons. The number of nitrogens with one attached hydrogen (secondary N) is 1. The molecule has 1 fully saturated rings. The first kappa shape index (κ1) is 17.6. The van der Waals surface area contributed by atoms with Crippen molar-refractivity contribution in [1.82, 2.24) is 4.98 Å². The maximum Gasteiger partial charge on any atom is 0.263 e. The lowest BCUT2D eigenvalue weighted by molar-refractivity contribution is 0.481. The number of benzene rings is 1. The predicted octanol–water partition coefficient (Wildman–Crippen LogP) is 3.54. The van der Waals surface area contributed by atoms with Gasteiger partial charge in [0.05, 0.1) is 5.69 Å². The number of piperidine rings is 1. The van der Waals surface area contributed by atoms with Gasteiger partial charge < -0.3 is 4.90 Å². The first-order valence-corrected chi connectivity index (χ1v) is 9.56. The molecule has 1 aliphatic heterocycles. The van der Waals surface area contributed by atoms with Gasteiger partial charge in [-0.2, -0.15) is 0 Å². The number of nitrogens with zero attached hydrogens (tertiary/aromatic N) is 2. The summed E-state index contributed by atoms with van der Waals surface area (Å²) in [5.41, 5.74) is -0.0485. The van der Waals surface area contributed by atoms with E-state index in [0.29, 0.717) is 6.04 Å². The molecule has 1 saturated heterocycles. The topological polar surface area (TPSA) is 62.3 Å². The highest BCUT2D eigenvalue weighted by atomic mass is 32.2. The van der Waals surface area contributed by atoms with Crippen LogP contribution in [0.5, 0.6) is 0 Å². The summed E-state index contributed by atoms with van der Waals surface area (Å²) in [7, 11) is -3.92. The molecule has 3 rings (SSSR count). The van der Waals surface area contributed by atoms with E-state index in [1.807, 2.05) is 0 Å². The molecule has 134 valence electrons. The van der Waals surface area contributed by atoms with Gasteiger partial charge in [-0.3, -0.25) is 4.72 Å². The maximum absolute atomic E-state index is 13.2. The van der Waals surface area contributed by atoms with Gasteiger partial charge in [-0.1, -0.05) is 0 Å². The SMILES string of the molecule is CC1CCCCN1c1ccc(S(=O)(=O)Nc2ccc(F)c(F)c2)cn1. The van der Waals surface area contributed by atoms with Crippen LogP contribution in [-0.2, 0) is 10.0 Å². The summed E-state index contributed by atoms with van der Waals surface area (Å²) in [5.74, 6) is -1.42. The van der Waals surface area contributed by atoms with Crippen molar-refractivity contribution >= 4 is 21.5 Å². The van der Waals surface area contributed by atoms with Crippen LogP contribution in [0, 0.1) is 11.6 Å². The molecule has 25 heavy (non-hydrogen) atoms. The maximum atomic E-state index is 13.2. The Hall–Kier alpha value is -2.22. The van der Waals surface area contributed by atoms with Gasteiger partial charge in [-0.15, -0.1) is 0 Å². The van der Waals surface area contributed by atoms with Crippen LogP contribution in [0.15, 0.2) is 41.4 Å². The van der Waals surface area contributed by atoms with Crippen LogP contribution in [0.4, 0.5) is 20.3 Å². The molecule has 1 N–H and O–H groups in total. The van der Waals surface area contributed by atoms with E-state index in [4.69, 9.17) is 0 Å². The second kappa shape index (κ2) is 6.95. The normalized spacial score (nSPS) is 18.2. The number of sulfonamides is 1. The molecule has 0 amide bonds. The molecule has 1 aliphatic rings. The van der Waals surface area contributed by atoms with Gasteiger partial charge in [0.2, 0.25) is 0 Å². The Morgan fingerprint density at radius 1 is 1.16 bits per heavy atom. The van der Waals surface area contributed by atoms with E-state index >= 15 is 0 Å². The van der Waals surface area contributed by atoms with Crippen LogP contribution in [0.1, 0.15) is 26.2 Å². The van der Waals surface area contributed by atoms with Gasteiger partial charge in [-0.05, 0) is 50.5 Å². The van der Waals surface area contributed by atoms with Crippen LogP contribution in [0.3, 0.4) is 0 Å². The highest BCUT2D eigenvalue weighted by Gasteiger charge is 2.21. The van der Waals surface area contributed by atoms with E-state index in [1.165, 1.54) is 18.7 Å². The number of aromatic nitrogens is 1. The minimum absolute atomic E-state index is 0.0364. The Kier molecular flexibility index (Phi) is 4.89. The van der Waals surface area contributed by atoms with Gasteiger partial charge >= 0.3 is 0 Å². The van der Waals surface area contributed by atoms with Gasteiger partial charge in [0.1, 0.15) is 10.7 Å². The Labute approximate surface area is 145 Å².